The first kappa shape index (κ1) is 20.0. The van der Waals surface area contributed by atoms with Crippen molar-refractivity contribution in [2.45, 2.75) is 39.2 Å². The number of carbonyl (C=O) groups is 2. The van der Waals surface area contributed by atoms with Crippen LogP contribution in [0.25, 0.3) is 0 Å². The van der Waals surface area contributed by atoms with Gasteiger partial charge >= 0.3 is 12.1 Å². The van der Waals surface area contributed by atoms with Gasteiger partial charge in [0.2, 0.25) is 0 Å². The molecule has 1 amide bonds. The number of hydrogen-bond donors (Lipinski definition) is 0. The van der Waals surface area contributed by atoms with Crippen molar-refractivity contribution >= 4 is 12.1 Å². The summed E-state index contributed by atoms with van der Waals surface area (Å²) in [4.78, 5) is 30.2. The van der Waals surface area contributed by atoms with Crippen molar-refractivity contribution in [2.24, 2.45) is 5.92 Å². The van der Waals surface area contributed by atoms with Gasteiger partial charge in [-0.15, -0.1) is 0 Å². The van der Waals surface area contributed by atoms with E-state index >= 15 is 0 Å². The van der Waals surface area contributed by atoms with Crippen LogP contribution in [0.2, 0.25) is 0 Å². The van der Waals surface area contributed by atoms with E-state index in [9.17, 15) is 9.59 Å². The second kappa shape index (κ2) is 8.85. The van der Waals surface area contributed by atoms with Crippen molar-refractivity contribution in [3.8, 4) is 0 Å². The number of hydrogen-bond acceptors (Lipinski definition) is 6. The van der Waals surface area contributed by atoms with Crippen molar-refractivity contribution in [3.05, 3.63) is 0 Å². The van der Waals surface area contributed by atoms with Gasteiger partial charge in [0.15, 0.2) is 0 Å². The Labute approximate surface area is 151 Å². The van der Waals surface area contributed by atoms with Gasteiger partial charge in [-0.3, -0.25) is 9.69 Å². The van der Waals surface area contributed by atoms with Gasteiger partial charge in [0.1, 0.15) is 5.60 Å². The quantitative estimate of drug-likeness (QED) is 0.711. The van der Waals surface area contributed by atoms with E-state index in [4.69, 9.17) is 9.47 Å². The second-order valence-corrected chi connectivity index (χ2v) is 7.95. The summed E-state index contributed by atoms with van der Waals surface area (Å²) in [7, 11) is 1.46. The maximum Gasteiger partial charge on any atom is 0.410 e. The summed E-state index contributed by atoms with van der Waals surface area (Å²) in [6.07, 6.45) is 1.56. The van der Waals surface area contributed by atoms with Crippen LogP contribution in [0, 0.1) is 5.92 Å². The first-order valence-electron chi connectivity index (χ1n) is 9.29. The summed E-state index contributed by atoms with van der Waals surface area (Å²) in [6, 6.07) is 0. The number of piperazine rings is 1. The molecule has 2 aliphatic heterocycles. The summed E-state index contributed by atoms with van der Waals surface area (Å²) < 4.78 is 10.3. The number of piperidine rings is 1. The maximum atomic E-state index is 12.1. The number of nitrogens with zero attached hydrogens (tertiary/aromatic N) is 3. The number of rotatable bonds is 4. The summed E-state index contributed by atoms with van der Waals surface area (Å²) in [5, 5.41) is 0. The molecule has 0 saturated carbocycles. The van der Waals surface area contributed by atoms with E-state index in [0.717, 1.165) is 65.2 Å². The fraction of sp³-hybridized carbons (Fsp3) is 0.889. The molecule has 0 unspecified atom stereocenters. The fourth-order valence-electron chi connectivity index (χ4n) is 3.32. The highest BCUT2D eigenvalue weighted by Gasteiger charge is 2.27. The van der Waals surface area contributed by atoms with Crippen molar-refractivity contribution < 1.29 is 19.1 Å². The Kier molecular flexibility index (Phi) is 7.07. The van der Waals surface area contributed by atoms with E-state index in [2.05, 4.69) is 9.80 Å². The smallest absolute Gasteiger partial charge is 0.410 e. The molecule has 144 valence electrons. The number of carbonyl (C=O) groups excluding carboxylic acids is 2. The monoisotopic (exact) mass is 355 g/mol. The topological polar surface area (TPSA) is 62.3 Å². The lowest BCUT2D eigenvalue weighted by Gasteiger charge is -2.37. The molecule has 2 saturated heterocycles. The Balaban J connectivity index is 1.63. The van der Waals surface area contributed by atoms with Crippen molar-refractivity contribution in [2.75, 3.05) is 59.5 Å². The molecule has 0 spiro atoms. The molecule has 25 heavy (non-hydrogen) atoms. The molecule has 2 aliphatic rings. The van der Waals surface area contributed by atoms with Crippen molar-refractivity contribution in [1.82, 2.24) is 14.7 Å². The lowest BCUT2D eigenvalue weighted by atomic mass is 9.97. The third-order valence-corrected chi connectivity index (χ3v) is 4.88. The predicted molar refractivity (Wildman–Crippen MR) is 95.4 cm³/mol. The van der Waals surface area contributed by atoms with Gasteiger partial charge in [0.25, 0.3) is 0 Å². The Morgan fingerprint density at radius 1 is 0.920 bits per heavy atom. The molecule has 7 heteroatoms. The van der Waals surface area contributed by atoms with E-state index in [0.29, 0.717) is 0 Å². The largest absolute Gasteiger partial charge is 0.469 e. The van der Waals surface area contributed by atoms with Crippen LogP contribution in [-0.2, 0) is 14.3 Å². The maximum absolute atomic E-state index is 12.1. The average Bonchev–Trinajstić information content (AvgIpc) is 2.58. The van der Waals surface area contributed by atoms with Gasteiger partial charge in [-0.05, 0) is 46.7 Å². The van der Waals surface area contributed by atoms with Crippen LogP contribution in [0.5, 0.6) is 0 Å². The van der Waals surface area contributed by atoms with Gasteiger partial charge in [-0.2, -0.15) is 0 Å². The molecular formula is C18H33N3O4. The molecule has 0 aliphatic carbocycles. The fourth-order valence-corrected chi connectivity index (χ4v) is 3.32. The van der Waals surface area contributed by atoms with Gasteiger partial charge in [0, 0.05) is 39.3 Å². The highest BCUT2D eigenvalue weighted by Crippen LogP contribution is 2.18. The van der Waals surface area contributed by atoms with Gasteiger partial charge < -0.3 is 19.3 Å². The average molecular weight is 355 g/mol. The van der Waals surface area contributed by atoms with E-state index in [1.807, 2.05) is 20.8 Å². The second-order valence-electron chi connectivity index (χ2n) is 7.95. The number of amides is 1. The van der Waals surface area contributed by atoms with Gasteiger partial charge in [-0.1, -0.05) is 0 Å². The molecule has 0 aromatic carbocycles. The van der Waals surface area contributed by atoms with Crippen LogP contribution < -0.4 is 0 Å². The molecule has 2 rings (SSSR count). The minimum atomic E-state index is -0.440. The molecule has 0 atom stereocenters. The van der Waals surface area contributed by atoms with Crippen LogP contribution in [0.15, 0.2) is 0 Å². The Hall–Kier alpha value is -1.34. The lowest BCUT2D eigenvalue weighted by Crippen LogP contribution is -2.51. The number of esters is 1. The standard InChI is InChI=1S/C18H33N3O4/c1-18(2,3)25-17(23)21-13-11-20(12-14-21)10-9-19-7-5-15(6-8-19)16(22)24-4/h15H,5-14H2,1-4H3. The highest BCUT2D eigenvalue weighted by atomic mass is 16.6. The third kappa shape index (κ3) is 6.47. The van der Waals surface area contributed by atoms with Crippen LogP contribution in [-0.4, -0.2) is 91.8 Å². The summed E-state index contributed by atoms with van der Waals surface area (Å²) in [6.45, 7) is 12.8. The first-order valence-corrected chi connectivity index (χ1v) is 9.29. The lowest BCUT2D eigenvalue weighted by molar-refractivity contribution is -0.147. The van der Waals surface area contributed by atoms with E-state index in [1.54, 1.807) is 4.90 Å². The molecule has 0 aromatic rings. The summed E-state index contributed by atoms with van der Waals surface area (Å²) in [5.74, 6) is -0.00321. The number of methoxy groups -OCH3 is 1. The summed E-state index contributed by atoms with van der Waals surface area (Å²) in [5.41, 5.74) is -0.440. The minimum Gasteiger partial charge on any atom is -0.469 e. The van der Waals surface area contributed by atoms with Crippen molar-refractivity contribution in [3.63, 3.8) is 0 Å². The van der Waals surface area contributed by atoms with Gasteiger partial charge in [0.05, 0.1) is 13.0 Å². The molecule has 0 bridgehead atoms. The summed E-state index contributed by atoms with van der Waals surface area (Å²) >= 11 is 0. The van der Waals surface area contributed by atoms with Crippen LogP contribution in [0.3, 0.4) is 0 Å². The zero-order valence-electron chi connectivity index (χ0n) is 16.1. The van der Waals surface area contributed by atoms with Crippen LogP contribution in [0.4, 0.5) is 4.79 Å². The Morgan fingerprint density at radius 3 is 1.92 bits per heavy atom. The Bertz CT molecular complexity index is 448. The van der Waals surface area contributed by atoms with E-state index in [1.165, 1.54) is 7.11 Å². The zero-order chi connectivity index (χ0) is 18.4. The molecule has 0 radical (unpaired) electrons. The van der Waals surface area contributed by atoms with E-state index in [-0.39, 0.29) is 18.0 Å². The van der Waals surface area contributed by atoms with Crippen LogP contribution >= 0.6 is 0 Å². The highest BCUT2D eigenvalue weighted by molar-refractivity contribution is 5.72. The first-order chi connectivity index (χ1) is 11.8. The number of ether oxygens (including phenoxy) is 2. The molecular weight excluding hydrogens is 322 g/mol. The number of likely N-dealkylation sites (tertiary alicyclic amines) is 1. The van der Waals surface area contributed by atoms with E-state index < -0.39 is 5.60 Å². The molecule has 2 fully saturated rings. The minimum absolute atomic E-state index is 0.0682. The normalized spacial score (nSPS) is 21.2. The Morgan fingerprint density at radius 2 is 1.44 bits per heavy atom. The SMILES string of the molecule is COC(=O)C1CCN(CCN2CCN(C(=O)OC(C)(C)C)CC2)CC1. The molecule has 0 aromatic heterocycles. The molecule has 0 N–H and O–H groups in total. The molecule has 2 heterocycles. The van der Waals surface area contributed by atoms with Gasteiger partial charge in [-0.25, -0.2) is 4.79 Å². The predicted octanol–water partition coefficient (Wildman–Crippen LogP) is 1.42. The van der Waals surface area contributed by atoms with Crippen molar-refractivity contribution in [1.29, 1.82) is 0 Å². The third-order valence-electron chi connectivity index (χ3n) is 4.88. The van der Waals surface area contributed by atoms with Crippen LogP contribution in [0.1, 0.15) is 33.6 Å². The molecule has 7 nitrogen and oxygen atoms in total. The zero-order valence-corrected chi connectivity index (χ0v) is 16.1.